The van der Waals surface area contributed by atoms with Gasteiger partial charge in [0.15, 0.2) is 12.0 Å². The largest absolute Gasteiger partial charge is 0.434 e. The van der Waals surface area contributed by atoms with Crippen LogP contribution in [0.2, 0.25) is 0 Å². The maximum atomic E-state index is 13.0. The van der Waals surface area contributed by atoms with Crippen LogP contribution < -0.4 is 10.6 Å². The van der Waals surface area contributed by atoms with Gasteiger partial charge < -0.3 is 35.3 Å². The van der Waals surface area contributed by atoms with Crippen molar-refractivity contribution in [1.29, 1.82) is 0 Å². The Hall–Kier alpha value is -3.26. The van der Waals surface area contributed by atoms with Gasteiger partial charge in [-0.05, 0) is 30.0 Å². The molecule has 1 amide bonds. The molecule has 5 rings (SSSR count). The van der Waals surface area contributed by atoms with Gasteiger partial charge in [0, 0.05) is 10.9 Å². The van der Waals surface area contributed by atoms with Crippen LogP contribution in [0, 0.1) is 5.92 Å². The summed E-state index contributed by atoms with van der Waals surface area (Å²) in [5.41, 5.74) is -0.390. The molecule has 13 heteroatoms. The summed E-state index contributed by atoms with van der Waals surface area (Å²) >= 11 is 0. The molecule has 2 aliphatic rings. The van der Waals surface area contributed by atoms with E-state index in [0.29, 0.717) is 17.8 Å². The smallest absolute Gasteiger partial charge is 0.388 e. The standard InChI is InChI=1S/C25H28F3N5O5/c1-12(2)6-13-4-3-5-15-14(13)7-16(31-15)22(36)30-10-24-11-37-23(38-24)19(20(34)21(24)35)33-18-9-29-8-17(32-18)25(26,27)28/h3-5,7-9,12,19-21,23,31,34-35H,6,10-11H2,1-2H3,(H,30,36)(H,32,33)/t19-,20-,21-,23+,24+/m1/s1. The molecule has 2 saturated heterocycles. The molecular weight excluding hydrogens is 507 g/mol. The fourth-order valence-corrected chi connectivity index (χ4v) is 4.90. The normalized spacial score (nSPS) is 27.2. The zero-order valence-corrected chi connectivity index (χ0v) is 20.6. The van der Waals surface area contributed by atoms with Crippen molar-refractivity contribution in [3.05, 3.63) is 53.6 Å². The van der Waals surface area contributed by atoms with Crippen molar-refractivity contribution in [3.8, 4) is 0 Å². The Morgan fingerprint density at radius 3 is 2.82 bits per heavy atom. The number of alkyl halides is 3. The van der Waals surface area contributed by atoms with Gasteiger partial charge >= 0.3 is 6.18 Å². The van der Waals surface area contributed by atoms with Crippen LogP contribution in [0.3, 0.4) is 0 Å². The number of ether oxygens (including phenoxy) is 2. The molecule has 4 heterocycles. The summed E-state index contributed by atoms with van der Waals surface area (Å²) in [6.07, 6.45) is -6.37. The van der Waals surface area contributed by atoms with Crippen molar-refractivity contribution in [1.82, 2.24) is 20.3 Å². The van der Waals surface area contributed by atoms with E-state index in [2.05, 4.69) is 39.4 Å². The maximum Gasteiger partial charge on any atom is 0.434 e. The molecule has 1 aromatic carbocycles. The van der Waals surface area contributed by atoms with E-state index < -0.39 is 47.9 Å². The van der Waals surface area contributed by atoms with Crippen molar-refractivity contribution >= 4 is 22.6 Å². The van der Waals surface area contributed by atoms with E-state index in [1.54, 1.807) is 6.07 Å². The summed E-state index contributed by atoms with van der Waals surface area (Å²) < 4.78 is 50.4. The minimum atomic E-state index is -4.70. The lowest BCUT2D eigenvalue weighted by Gasteiger charge is -2.43. The molecule has 2 bridgehead atoms. The Labute approximate surface area is 215 Å². The Morgan fingerprint density at radius 1 is 1.29 bits per heavy atom. The number of rotatable bonds is 7. The van der Waals surface area contributed by atoms with Gasteiger partial charge in [0.1, 0.15) is 35.4 Å². The summed E-state index contributed by atoms with van der Waals surface area (Å²) in [5.74, 6) is -0.261. The average Bonchev–Trinajstić information content (AvgIpc) is 3.48. The summed E-state index contributed by atoms with van der Waals surface area (Å²) in [4.78, 5) is 23.1. The summed E-state index contributed by atoms with van der Waals surface area (Å²) in [7, 11) is 0. The van der Waals surface area contributed by atoms with Crippen LogP contribution in [0.1, 0.15) is 35.6 Å². The minimum Gasteiger partial charge on any atom is -0.388 e. The van der Waals surface area contributed by atoms with E-state index in [1.807, 2.05) is 18.2 Å². The van der Waals surface area contributed by atoms with Crippen LogP contribution in [0.5, 0.6) is 0 Å². The Bertz CT molecular complexity index is 1330. The van der Waals surface area contributed by atoms with Gasteiger partial charge in [-0.3, -0.25) is 9.78 Å². The first-order valence-electron chi connectivity index (χ1n) is 12.2. The van der Waals surface area contributed by atoms with Crippen LogP contribution in [0.15, 0.2) is 36.7 Å². The second kappa shape index (κ2) is 9.80. The number of aliphatic hydroxyl groups is 2. The molecule has 0 radical (unpaired) electrons. The van der Waals surface area contributed by atoms with Crippen molar-refractivity contribution in [3.63, 3.8) is 0 Å². The van der Waals surface area contributed by atoms with Crippen molar-refractivity contribution in [2.75, 3.05) is 18.5 Å². The number of hydrogen-bond donors (Lipinski definition) is 5. The molecule has 10 nitrogen and oxygen atoms in total. The zero-order valence-electron chi connectivity index (χ0n) is 20.6. The molecule has 5 N–H and O–H groups in total. The quantitative estimate of drug-likeness (QED) is 0.310. The Balaban J connectivity index is 1.27. The number of anilines is 1. The van der Waals surface area contributed by atoms with Gasteiger partial charge in [0.05, 0.1) is 25.5 Å². The number of nitrogens with zero attached hydrogens (tertiary/aromatic N) is 2. The molecule has 0 aliphatic carbocycles. The molecule has 2 fully saturated rings. The molecule has 38 heavy (non-hydrogen) atoms. The van der Waals surface area contributed by atoms with Gasteiger partial charge in [-0.25, -0.2) is 4.98 Å². The number of aliphatic hydroxyl groups excluding tert-OH is 2. The first-order chi connectivity index (χ1) is 18.0. The number of halogens is 3. The van der Waals surface area contributed by atoms with E-state index in [0.717, 1.165) is 29.1 Å². The van der Waals surface area contributed by atoms with Crippen LogP contribution in [-0.4, -0.2) is 74.4 Å². The number of aromatic nitrogens is 3. The number of hydrogen-bond acceptors (Lipinski definition) is 8. The summed E-state index contributed by atoms with van der Waals surface area (Å²) in [5, 5.41) is 28.0. The van der Waals surface area contributed by atoms with E-state index >= 15 is 0 Å². The molecule has 0 saturated carbocycles. The highest BCUT2D eigenvalue weighted by Gasteiger charge is 2.59. The third kappa shape index (κ3) is 4.94. The molecular formula is C25H28F3N5O5. The van der Waals surface area contributed by atoms with Gasteiger partial charge in [0.2, 0.25) is 0 Å². The van der Waals surface area contributed by atoms with Crippen LogP contribution in [0.25, 0.3) is 10.9 Å². The lowest BCUT2D eigenvalue weighted by atomic mass is 9.87. The second-order valence-electron chi connectivity index (χ2n) is 10.1. The Kier molecular flexibility index (Phi) is 6.80. The van der Waals surface area contributed by atoms with Gasteiger partial charge in [-0.2, -0.15) is 13.2 Å². The number of fused-ring (bicyclic) bond motifs is 3. The third-order valence-corrected chi connectivity index (χ3v) is 6.78. The first-order valence-corrected chi connectivity index (χ1v) is 12.2. The lowest BCUT2D eigenvalue weighted by molar-refractivity contribution is -0.212. The number of benzene rings is 1. The highest BCUT2D eigenvalue weighted by atomic mass is 19.4. The molecule has 3 aromatic rings. The van der Waals surface area contributed by atoms with Crippen LogP contribution in [0.4, 0.5) is 19.0 Å². The topological polar surface area (TPSA) is 142 Å². The second-order valence-corrected chi connectivity index (χ2v) is 10.1. The SMILES string of the molecule is CC(C)Cc1cccc2[nH]c(C(=O)NC[C@@]34CO[C@@H](O3)[C@H](Nc3cncc(C(F)(F)F)n3)[C@@H](O)[C@H]4O)cc12. The van der Waals surface area contributed by atoms with E-state index in [-0.39, 0.29) is 19.0 Å². The van der Waals surface area contributed by atoms with Crippen molar-refractivity contribution in [2.45, 2.75) is 56.6 Å². The average molecular weight is 536 g/mol. The van der Waals surface area contributed by atoms with Gasteiger partial charge in [-0.1, -0.05) is 26.0 Å². The third-order valence-electron chi connectivity index (χ3n) is 6.78. The minimum absolute atomic E-state index is 0.159. The maximum absolute atomic E-state index is 13.0. The fraction of sp³-hybridized carbons (Fsp3) is 0.480. The summed E-state index contributed by atoms with van der Waals surface area (Å²) in [6, 6.07) is 6.47. The molecule has 5 atom stereocenters. The lowest BCUT2D eigenvalue weighted by Crippen LogP contribution is -2.66. The van der Waals surface area contributed by atoms with Crippen molar-refractivity contribution < 1.29 is 37.7 Å². The van der Waals surface area contributed by atoms with Gasteiger partial charge in [0.25, 0.3) is 5.91 Å². The monoisotopic (exact) mass is 535 g/mol. The number of carbonyl (C=O) groups is 1. The molecule has 204 valence electrons. The number of nitrogens with one attached hydrogen (secondary N) is 3. The number of aromatic amines is 1. The molecule has 0 unspecified atom stereocenters. The van der Waals surface area contributed by atoms with E-state index in [9.17, 15) is 28.2 Å². The van der Waals surface area contributed by atoms with Crippen LogP contribution >= 0.6 is 0 Å². The predicted octanol–water partition coefficient (Wildman–Crippen LogP) is 2.23. The highest BCUT2D eigenvalue weighted by molar-refractivity contribution is 5.98. The zero-order chi connectivity index (χ0) is 27.2. The molecule has 2 aliphatic heterocycles. The number of amides is 1. The van der Waals surface area contributed by atoms with Crippen LogP contribution in [-0.2, 0) is 22.1 Å². The predicted molar refractivity (Wildman–Crippen MR) is 129 cm³/mol. The fourth-order valence-electron chi connectivity index (χ4n) is 4.90. The molecule has 2 aromatic heterocycles. The highest BCUT2D eigenvalue weighted by Crippen LogP contribution is 2.38. The first kappa shape index (κ1) is 26.4. The van der Waals surface area contributed by atoms with Gasteiger partial charge in [-0.15, -0.1) is 0 Å². The summed E-state index contributed by atoms with van der Waals surface area (Å²) in [6.45, 7) is 3.90. The Morgan fingerprint density at radius 2 is 2.08 bits per heavy atom. The number of carbonyl (C=O) groups excluding carboxylic acids is 1. The van der Waals surface area contributed by atoms with Crippen molar-refractivity contribution in [2.24, 2.45) is 5.92 Å². The van der Waals surface area contributed by atoms with E-state index in [1.165, 1.54) is 0 Å². The van der Waals surface area contributed by atoms with E-state index in [4.69, 9.17) is 9.47 Å². The molecule has 0 spiro atoms. The number of H-pyrrole nitrogens is 1.